The molecule has 0 spiro atoms. The molecule has 2 aromatic carbocycles. The molecule has 4 rings (SSSR count). The summed E-state index contributed by atoms with van der Waals surface area (Å²) in [5.74, 6) is 0.656. The molecule has 0 aliphatic carbocycles. The van der Waals surface area contributed by atoms with E-state index in [1.54, 1.807) is 0 Å². The number of aromatic nitrogens is 2. The zero-order valence-corrected chi connectivity index (χ0v) is 12.8. The molecule has 0 bridgehead atoms. The summed E-state index contributed by atoms with van der Waals surface area (Å²) in [6, 6.07) is 20.5. The van der Waals surface area contributed by atoms with E-state index in [-0.39, 0.29) is 0 Å². The number of nitrogens with zero attached hydrogens (tertiary/aromatic N) is 3. The summed E-state index contributed by atoms with van der Waals surface area (Å²) >= 11 is 0. The third-order valence-corrected chi connectivity index (χ3v) is 3.75. The van der Waals surface area contributed by atoms with Crippen molar-refractivity contribution in [1.29, 1.82) is 0 Å². The van der Waals surface area contributed by atoms with E-state index in [4.69, 9.17) is 4.99 Å². The summed E-state index contributed by atoms with van der Waals surface area (Å²) in [4.78, 5) is 9.32. The van der Waals surface area contributed by atoms with E-state index in [0.717, 1.165) is 28.1 Å². The second-order valence-electron chi connectivity index (χ2n) is 5.43. The van der Waals surface area contributed by atoms with Crippen molar-refractivity contribution in [1.82, 2.24) is 9.66 Å². The molecule has 1 aromatic heterocycles. The van der Waals surface area contributed by atoms with Gasteiger partial charge < -0.3 is 0 Å². The zero-order chi connectivity index (χ0) is 15.6. The molecule has 4 nitrogen and oxygen atoms in total. The highest BCUT2D eigenvalue weighted by Crippen LogP contribution is 2.25. The Morgan fingerprint density at radius 2 is 1.52 bits per heavy atom. The molecule has 0 saturated heterocycles. The van der Waals surface area contributed by atoms with E-state index in [1.165, 1.54) is 0 Å². The Balaban J connectivity index is 1.91. The van der Waals surface area contributed by atoms with Crippen molar-refractivity contribution in [3.8, 4) is 0 Å². The highest BCUT2D eigenvalue weighted by molar-refractivity contribution is 6.32. The molecule has 0 fully saturated rings. The molecule has 1 aliphatic rings. The maximum absolute atomic E-state index is 4.83. The summed E-state index contributed by atoms with van der Waals surface area (Å²) in [5.41, 5.74) is 8.34. The Morgan fingerprint density at radius 1 is 0.870 bits per heavy atom. The third-order valence-electron chi connectivity index (χ3n) is 3.75. The van der Waals surface area contributed by atoms with E-state index < -0.39 is 0 Å². The van der Waals surface area contributed by atoms with Gasteiger partial charge in [-0.15, -0.1) is 0 Å². The summed E-state index contributed by atoms with van der Waals surface area (Å²) in [5, 5.41) is 0. The largest absolute Gasteiger partial charge is 0.298 e. The number of fused-ring (bicyclic) bond motifs is 1. The molecule has 23 heavy (non-hydrogen) atoms. The monoisotopic (exact) mass is 300 g/mol. The van der Waals surface area contributed by atoms with Gasteiger partial charge in [-0.05, 0) is 12.5 Å². The number of nitrogens with one attached hydrogen (secondary N) is 1. The number of benzene rings is 2. The quantitative estimate of drug-likeness (QED) is 0.779. The lowest BCUT2D eigenvalue weighted by molar-refractivity contribution is 0.952. The Morgan fingerprint density at radius 3 is 2.22 bits per heavy atom. The smallest absolute Gasteiger partial charge is 0.249 e. The minimum Gasteiger partial charge on any atom is -0.298 e. The van der Waals surface area contributed by atoms with Crippen LogP contribution in [0.15, 0.2) is 78.1 Å². The van der Waals surface area contributed by atoms with E-state index >= 15 is 0 Å². The lowest BCUT2D eigenvalue weighted by Crippen LogP contribution is -2.07. The lowest BCUT2D eigenvalue weighted by Gasteiger charge is -2.10. The Bertz CT molecular complexity index is 890. The van der Waals surface area contributed by atoms with Crippen LogP contribution in [0.4, 0.5) is 5.95 Å². The summed E-state index contributed by atoms with van der Waals surface area (Å²) in [6.07, 6.45) is 3.92. The highest BCUT2D eigenvalue weighted by atomic mass is 15.5. The number of imidazole rings is 1. The first kappa shape index (κ1) is 13.5. The normalized spacial score (nSPS) is 13.4. The van der Waals surface area contributed by atoms with Gasteiger partial charge in [-0.25, -0.2) is 14.7 Å². The van der Waals surface area contributed by atoms with Crippen molar-refractivity contribution < 1.29 is 0 Å². The molecular weight excluding hydrogens is 284 g/mol. The molecule has 0 amide bonds. The summed E-state index contributed by atoms with van der Waals surface area (Å²) in [6.45, 7) is 1.96. The van der Waals surface area contributed by atoms with E-state index in [0.29, 0.717) is 5.95 Å². The average Bonchev–Trinajstić information content (AvgIpc) is 2.85. The van der Waals surface area contributed by atoms with Gasteiger partial charge in [0.15, 0.2) is 0 Å². The van der Waals surface area contributed by atoms with Crippen LogP contribution in [0.3, 0.4) is 0 Å². The van der Waals surface area contributed by atoms with Gasteiger partial charge >= 0.3 is 0 Å². The number of hydrogen-bond acceptors (Lipinski definition) is 3. The first-order valence-electron chi connectivity index (χ1n) is 7.54. The molecular formula is C19H16N4. The van der Waals surface area contributed by atoms with Gasteiger partial charge in [0, 0.05) is 17.3 Å². The second-order valence-corrected chi connectivity index (χ2v) is 5.43. The van der Waals surface area contributed by atoms with Crippen molar-refractivity contribution in [2.24, 2.45) is 4.99 Å². The fourth-order valence-corrected chi connectivity index (χ4v) is 2.68. The van der Waals surface area contributed by atoms with Crippen LogP contribution in [-0.4, -0.2) is 15.4 Å². The number of rotatable bonds is 2. The maximum Gasteiger partial charge on any atom is 0.249 e. The minimum absolute atomic E-state index is 0.656. The van der Waals surface area contributed by atoms with Crippen LogP contribution in [0, 0.1) is 6.92 Å². The SMILES string of the molecule is Cc1cn2c(n1)N=C(c1ccccc1)C(c1ccccc1)=CN2. The molecule has 112 valence electrons. The van der Waals surface area contributed by atoms with Crippen LogP contribution in [0.1, 0.15) is 16.8 Å². The third kappa shape index (κ3) is 2.55. The molecule has 1 aliphatic heterocycles. The summed E-state index contributed by atoms with van der Waals surface area (Å²) in [7, 11) is 0. The van der Waals surface area contributed by atoms with Crippen molar-refractivity contribution in [2.45, 2.75) is 6.92 Å². The number of aryl methyl sites for hydroxylation is 1. The van der Waals surface area contributed by atoms with Crippen LogP contribution in [0.2, 0.25) is 0 Å². The van der Waals surface area contributed by atoms with Crippen molar-refractivity contribution >= 4 is 17.2 Å². The number of hydrogen-bond donors (Lipinski definition) is 1. The van der Waals surface area contributed by atoms with Gasteiger partial charge in [0.2, 0.25) is 5.95 Å². The van der Waals surface area contributed by atoms with Crippen molar-refractivity contribution in [2.75, 3.05) is 5.43 Å². The van der Waals surface area contributed by atoms with Crippen LogP contribution < -0.4 is 5.43 Å². The highest BCUT2D eigenvalue weighted by Gasteiger charge is 2.17. The molecule has 0 unspecified atom stereocenters. The molecule has 3 aromatic rings. The fourth-order valence-electron chi connectivity index (χ4n) is 2.68. The Kier molecular flexibility index (Phi) is 3.27. The zero-order valence-electron chi connectivity index (χ0n) is 12.8. The van der Waals surface area contributed by atoms with E-state index in [9.17, 15) is 0 Å². The van der Waals surface area contributed by atoms with Crippen LogP contribution in [0.5, 0.6) is 0 Å². The van der Waals surface area contributed by atoms with Gasteiger partial charge in [0.05, 0.1) is 17.6 Å². The van der Waals surface area contributed by atoms with Crippen LogP contribution in [0.25, 0.3) is 5.57 Å². The van der Waals surface area contributed by atoms with Gasteiger partial charge in [0.1, 0.15) is 0 Å². The minimum atomic E-state index is 0.656. The molecule has 0 atom stereocenters. The van der Waals surface area contributed by atoms with Gasteiger partial charge in [-0.3, -0.25) is 5.43 Å². The van der Waals surface area contributed by atoms with Crippen LogP contribution in [-0.2, 0) is 0 Å². The van der Waals surface area contributed by atoms with Crippen LogP contribution >= 0.6 is 0 Å². The van der Waals surface area contributed by atoms with E-state index in [1.807, 2.05) is 60.4 Å². The molecule has 2 heterocycles. The average molecular weight is 300 g/mol. The lowest BCUT2D eigenvalue weighted by atomic mass is 9.96. The molecule has 0 saturated carbocycles. The maximum atomic E-state index is 4.83. The van der Waals surface area contributed by atoms with Gasteiger partial charge in [0.25, 0.3) is 0 Å². The first-order chi connectivity index (χ1) is 11.3. The van der Waals surface area contributed by atoms with Crippen molar-refractivity contribution in [3.63, 3.8) is 0 Å². The Labute approximate surface area is 134 Å². The van der Waals surface area contributed by atoms with E-state index in [2.05, 4.69) is 34.7 Å². The fraction of sp³-hybridized carbons (Fsp3) is 0.0526. The predicted octanol–water partition coefficient (Wildman–Crippen LogP) is 3.91. The van der Waals surface area contributed by atoms with Crippen molar-refractivity contribution in [3.05, 3.63) is 89.9 Å². The topological polar surface area (TPSA) is 42.2 Å². The van der Waals surface area contributed by atoms with Gasteiger partial charge in [-0.2, -0.15) is 0 Å². The standard InChI is InChI=1S/C19H16N4/c1-14-13-23-19(21-14)22-18(16-10-6-3-7-11-16)17(12-20-23)15-8-4-2-5-9-15/h2-13,20H,1H3. The summed E-state index contributed by atoms with van der Waals surface area (Å²) < 4.78 is 1.84. The number of aliphatic imine (C=N–C) groups is 1. The second kappa shape index (κ2) is 5.57. The number of allylic oxidation sites excluding steroid dienone is 1. The predicted molar refractivity (Wildman–Crippen MR) is 93.4 cm³/mol. The molecule has 1 N–H and O–H groups in total. The molecule has 4 heteroatoms. The Hall–Kier alpha value is -3.14. The first-order valence-corrected chi connectivity index (χ1v) is 7.54. The van der Waals surface area contributed by atoms with Gasteiger partial charge in [-0.1, -0.05) is 60.7 Å². The molecule has 0 radical (unpaired) electrons.